The normalized spacial score (nSPS) is 10.9. The Hall–Kier alpha value is -1.29. The molecular formula is C8H4BrF3N2O. The fourth-order valence-corrected chi connectivity index (χ4v) is 1.15. The molecule has 0 fully saturated rings. The Morgan fingerprint density at radius 2 is 2.20 bits per heavy atom. The minimum atomic E-state index is -4.81. The maximum atomic E-state index is 11.9. The van der Waals surface area contributed by atoms with Crippen LogP contribution >= 0.6 is 15.9 Å². The second kappa shape index (κ2) is 4.49. The molecule has 0 amide bonds. The molecule has 0 aliphatic carbocycles. The van der Waals surface area contributed by atoms with Crippen LogP contribution in [0.15, 0.2) is 12.3 Å². The fraction of sp³-hybridized carbons (Fsp3) is 0.250. The van der Waals surface area contributed by atoms with E-state index in [-0.39, 0.29) is 10.9 Å². The van der Waals surface area contributed by atoms with E-state index in [4.69, 9.17) is 5.26 Å². The van der Waals surface area contributed by atoms with E-state index in [1.165, 1.54) is 0 Å². The maximum Gasteiger partial charge on any atom is 0.573 e. The summed E-state index contributed by atoms with van der Waals surface area (Å²) in [6.07, 6.45) is -3.77. The first-order chi connectivity index (χ1) is 6.96. The van der Waals surface area contributed by atoms with Gasteiger partial charge in [0, 0.05) is 17.6 Å². The molecule has 0 N–H and O–H groups in total. The number of pyridine rings is 1. The fourth-order valence-electron chi connectivity index (χ4n) is 0.844. The number of nitriles is 1. The molecule has 1 heterocycles. The Morgan fingerprint density at radius 1 is 1.53 bits per heavy atom. The highest BCUT2D eigenvalue weighted by atomic mass is 79.9. The van der Waals surface area contributed by atoms with Gasteiger partial charge in [0.25, 0.3) is 0 Å². The molecule has 0 radical (unpaired) electrons. The van der Waals surface area contributed by atoms with Crippen LogP contribution in [0.25, 0.3) is 0 Å². The van der Waals surface area contributed by atoms with Crippen LogP contribution in [-0.2, 0) is 5.33 Å². The van der Waals surface area contributed by atoms with E-state index in [9.17, 15) is 13.2 Å². The Kier molecular flexibility index (Phi) is 3.52. The number of halogens is 4. The van der Waals surface area contributed by atoms with Crippen LogP contribution in [0.5, 0.6) is 5.75 Å². The van der Waals surface area contributed by atoms with Gasteiger partial charge in [-0.15, -0.1) is 13.2 Å². The number of hydrogen-bond donors (Lipinski definition) is 0. The molecule has 7 heteroatoms. The van der Waals surface area contributed by atoms with Gasteiger partial charge in [0.05, 0.1) is 5.69 Å². The molecule has 0 atom stereocenters. The summed E-state index contributed by atoms with van der Waals surface area (Å²) >= 11 is 3.04. The number of ether oxygens (including phenoxy) is 1. The van der Waals surface area contributed by atoms with Gasteiger partial charge in [0.15, 0.2) is 5.75 Å². The molecule has 0 aliphatic rings. The van der Waals surface area contributed by atoms with Gasteiger partial charge >= 0.3 is 6.36 Å². The summed E-state index contributed by atoms with van der Waals surface area (Å²) in [5.41, 5.74) is 0.102. The van der Waals surface area contributed by atoms with Crippen molar-refractivity contribution in [3.05, 3.63) is 23.5 Å². The molecule has 1 rings (SSSR count). The smallest absolute Gasteiger partial charge is 0.404 e. The Morgan fingerprint density at radius 3 is 2.67 bits per heavy atom. The number of aromatic nitrogens is 1. The van der Waals surface area contributed by atoms with Crippen LogP contribution in [-0.4, -0.2) is 11.3 Å². The predicted molar refractivity (Wildman–Crippen MR) is 48.3 cm³/mol. The van der Waals surface area contributed by atoms with E-state index in [1.54, 1.807) is 6.07 Å². The zero-order valence-electron chi connectivity index (χ0n) is 7.18. The zero-order valence-corrected chi connectivity index (χ0v) is 8.76. The molecular weight excluding hydrogens is 277 g/mol. The summed E-state index contributed by atoms with van der Waals surface area (Å²) in [7, 11) is 0. The quantitative estimate of drug-likeness (QED) is 0.783. The molecule has 0 aliphatic heterocycles. The van der Waals surface area contributed by atoms with Crippen molar-refractivity contribution in [1.29, 1.82) is 5.26 Å². The average Bonchev–Trinajstić information content (AvgIpc) is 2.15. The lowest BCUT2D eigenvalue weighted by Gasteiger charge is -2.10. The maximum absolute atomic E-state index is 11.9. The molecule has 15 heavy (non-hydrogen) atoms. The summed E-state index contributed by atoms with van der Waals surface area (Å²) in [5, 5.41) is 8.81. The second-order valence-corrected chi connectivity index (χ2v) is 3.03. The van der Waals surface area contributed by atoms with Gasteiger partial charge in [0.2, 0.25) is 0 Å². The molecule has 0 saturated carbocycles. The lowest BCUT2D eigenvalue weighted by atomic mass is 10.2. The first kappa shape index (κ1) is 11.8. The van der Waals surface area contributed by atoms with Crippen molar-refractivity contribution in [1.82, 2.24) is 4.98 Å². The zero-order chi connectivity index (χ0) is 11.5. The van der Waals surface area contributed by atoms with Crippen molar-refractivity contribution < 1.29 is 17.9 Å². The molecule has 1 aromatic heterocycles. The van der Waals surface area contributed by atoms with Gasteiger partial charge < -0.3 is 4.74 Å². The Bertz CT molecular complexity index is 400. The highest BCUT2D eigenvalue weighted by Gasteiger charge is 2.32. The minimum absolute atomic E-state index is 0.253. The van der Waals surface area contributed by atoms with Gasteiger partial charge in [-0.1, -0.05) is 15.9 Å². The average molecular weight is 281 g/mol. The van der Waals surface area contributed by atoms with Crippen molar-refractivity contribution in [2.45, 2.75) is 11.7 Å². The molecule has 0 saturated heterocycles. The number of alkyl halides is 4. The largest absolute Gasteiger partial charge is 0.573 e. The van der Waals surface area contributed by atoms with Crippen LogP contribution < -0.4 is 4.74 Å². The lowest BCUT2D eigenvalue weighted by molar-refractivity contribution is -0.274. The van der Waals surface area contributed by atoms with Crippen molar-refractivity contribution in [2.75, 3.05) is 0 Å². The minimum Gasteiger partial charge on any atom is -0.404 e. The van der Waals surface area contributed by atoms with E-state index in [0.717, 1.165) is 12.3 Å². The third-order valence-electron chi connectivity index (χ3n) is 1.41. The van der Waals surface area contributed by atoms with Gasteiger partial charge in [0.1, 0.15) is 11.6 Å². The Balaban J connectivity index is 3.08. The van der Waals surface area contributed by atoms with Crippen molar-refractivity contribution in [3.63, 3.8) is 0 Å². The summed E-state index contributed by atoms with van der Waals surface area (Å²) in [4.78, 5) is 3.74. The molecule has 0 unspecified atom stereocenters. The molecule has 3 nitrogen and oxygen atoms in total. The lowest BCUT2D eigenvalue weighted by Crippen LogP contribution is -2.18. The van der Waals surface area contributed by atoms with E-state index in [2.05, 4.69) is 25.7 Å². The van der Waals surface area contributed by atoms with E-state index in [0.29, 0.717) is 5.69 Å². The molecule has 1 aromatic rings. The number of nitrogens with zero attached hydrogens (tertiary/aromatic N) is 2. The highest BCUT2D eigenvalue weighted by Crippen LogP contribution is 2.26. The summed E-state index contributed by atoms with van der Waals surface area (Å²) in [5.74, 6) is -0.533. The third kappa shape index (κ3) is 3.40. The van der Waals surface area contributed by atoms with Crippen molar-refractivity contribution in [3.8, 4) is 11.8 Å². The highest BCUT2D eigenvalue weighted by molar-refractivity contribution is 9.08. The molecule has 0 bridgehead atoms. The Labute approximate surface area is 91.6 Å². The van der Waals surface area contributed by atoms with Crippen molar-refractivity contribution >= 4 is 15.9 Å². The molecule has 80 valence electrons. The van der Waals surface area contributed by atoms with Gasteiger partial charge in [-0.2, -0.15) is 5.26 Å². The van der Waals surface area contributed by atoms with E-state index >= 15 is 0 Å². The van der Waals surface area contributed by atoms with Crippen LogP contribution in [0.2, 0.25) is 0 Å². The summed E-state index contributed by atoms with van der Waals surface area (Å²) in [6, 6.07) is 2.64. The van der Waals surface area contributed by atoms with Crippen LogP contribution in [0.1, 0.15) is 11.3 Å². The van der Waals surface area contributed by atoms with Gasteiger partial charge in [-0.3, -0.25) is 4.98 Å². The van der Waals surface area contributed by atoms with Gasteiger partial charge in [-0.25, -0.2) is 0 Å². The first-order valence-electron chi connectivity index (χ1n) is 3.67. The second-order valence-electron chi connectivity index (χ2n) is 2.47. The molecule has 0 aromatic carbocycles. The van der Waals surface area contributed by atoms with Crippen LogP contribution in [0.4, 0.5) is 13.2 Å². The topological polar surface area (TPSA) is 45.9 Å². The van der Waals surface area contributed by atoms with E-state index in [1.807, 2.05) is 0 Å². The van der Waals surface area contributed by atoms with Crippen LogP contribution in [0.3, 0.4) is 0 Å². The number of rotatable bonds is 2. The third-order valence-corrected chi connectivity index (χ3v) is 1.98. The first-order valence-corrected chi connectivity index (χ1v) is 4.79. The van der Waals surface area contributed by atoms with Gasteiger partial charge in [-0.05, 0) is 0 Å². The van der Waals surface area contributed by atoms with E-state index < -0.39 is 12.1 Å². The standard InChI is InChI=1S/C8H4BrF3N2O/c9-2-6-1-7(15-8(10,11)12)5(3-13)4-14-6/h1,4H,2H2. The number of hydrogen-bond acceptors (Lipinski definition) is 3. The monoisotopic (exact) mass is 280 g/mol. The predicted octanol–water partition coefficient (Wildman–Crippen LogP) is 2.75. The summed E-state index contributed by atoms with van der Waals surface area (Å²) < 4.78 is 39.5. The SMILES string of the molecule is N#Cc1cnc(CBr)cc1OC(F)(F)F. The summed E-state index contributed by atoms with van der Waals surface area (Å²) in [6.45, 7) is 0. The molecule has 0 spiro atoms. The van der Waals surface area contributed by atoms with Crippen LogP contribution in [0, 0.1) is 11.3 Å². The van der Waals surface area contributed by atoms with Crippen molar-refractivity contribution in [2.24, 2.45) is 0 Å².